The molecule has 7 heteroatoms. The van der Waals surface area contributed by atoms with Crippen LogP contribution in [0, 0.1) is 13.8 Å². The van der Waals surface area contributed by atoms with Crippen LogP contribution < -0.4 is 4.74 Å². The molecule has 1 heterocycles. The van der Waals surface area contributed by atoms with Crippen LogP contribution in [0.25, 0.3) is 0 Å². The second kappa shape index (κ2) is 5.98. The number of carboxylic acid groups (broad SMARTS) is 1. The Labute approximate surface area is 121 Å². The Kier molecular flexibility index (Phi) is 4.48. The van der Waals surface area contributed by atoms with Crippen molar-refractivity contribution in [2.24, 2.45) is 0 Å². The lowest BCUT2D eigenvalue weighted by Gasteiger charge is -2.38. The van der Waals surface area contributed by atoms with E-state index in [1.807, 2.05) is 6.07 Å². The number of aliphatic carboxylic acids is 1. The van der Waals surface area contributed by atoms with Crippen LogP contribution in [0.3, 0.4) is 0 Å². The van der Waals surface area contributed by atoms with Crippen molar-refractivity contribution >= 4 is 5.97 Å². The lowest BCUT2D eigenvalue weighted by atomic mass is 9.99. The van der Waals surface area contributed by atoms with Crippen molar-refractivity contribution in [2.75, 3.05) is 0 Å². The molecule has 0 aliphatic carbocycles. The van der Waals surface area contributed by atoms with Gasteiger partial charge in [-0.2, -0.15) is 0 Å². The molecule has 0 spiro atoms. The first-order valence-electron chi connectivity index (χ1n) is 6.48. The first-order valence-corrected chi connectivity index (χ1v) is 6.48. The molecular formula is C14H18O7. The molecule has 1 aromatic carbocycles. The molecule has 1 saturated heterocycles. The van der Waals surface area contributed by atoms with Gasteiger partial charge in [0.2, 0.25) is 6.29 Å². The summed E-state index contributed by atoms with van der Waals surface area (Å²) in [7, 11) is 0. The Bertz CT molecular complexity index is 510. The molecule has 7 nitrogen and oxygen atoms in total. The van der Waals surface area contributed by atoms with Gasteiger partial charge in [0, 0.05) is 0 Å². The van der Waals surface area contributed by atoms with Crippen molar-refractivity contribution in [1.82, 2.24) is 0 Å². The summed E-state index contributed by atoms with van der Waals surface area (Å²) in [5.41, 5.74) is 1.55. The highest BCUT2D eigenvalue weighted by Crippen LogP contribution is 2.28. The third-order valence-electron chi connectivity index (χ3n) is 3.46. The molecule has 2 rings (SSSR count). The monoisotopic (exact) mass is 298 g/mol. The minimum Gasteiger partial charge on any atom is -0.479 e. The lowest BCUT2D eigenvalue weighted by molar-refractivity contribution is -0.271. The minimum atomic E-state index is -1.73. The molecule has 21 heavy (non-hydrogen) atoms. The zero-order chi connectivity index (χ0) is 15.7. The molecule has 1 aliphatic rings. The summed E-state index contributed by atoms with van der Waals surface area (Å²) in [6.07, 6.45) is -8.01. The summed E-state index contributed by atoms with van der Waals surface area (Å²) < 4.78 is 10.6. The Morgan fingerprint density at radius 2 is 1.67 bits per heavy atom. The predicted molar refractivity (Wildman–Crippen MR) is 70.9 cm³/mol. The molecule has 1 aliphatic heterocycles. The quantitative estimate of drug-likeness (QED) is 0.598. The van der Waals surface area contributed by atoms with Gasteiger partial charge in [0.1, 0.15) is 24.1 Å². The van der Waals surface area contributed by atoms with Crippen molar-refractivity contribution in [3.8, 4) is 5.75 Å². The standard InChI is InChI=1S/C14H18O7/c1-6-4-3-5-7(2)11(6)20-14-10(17)8(15)9(16)12(21-14)13(18)19/h3-5,8-10,12,14-17H,1-2H3,(H,18,19). The summed E-state index contributed by atoms with van der Waals surface area (Å²) in [6, 6.07) is 5.41. The first kappa shape index (κ1) is 15.7. The van der Waals surface area contributed by atoms with Crippen molar-refractivity contribution in [1.29, 1.82) is 0 Å². The van der Waals surface area contributed by atoms with Crippen LogP contribution in [0.5, 0.6) is 5.75 Å². The van der Waals surface area contributed by atoms with E-state index in [2.05, 4.69) is 0 Å². The molecule has 0 aromatic heterocycles. The topological polar surface area (TPSA) is 116 Å². The molecule has 4 N–H and O–H groups in total. The number of ether oxygens (including phenoxy) is 2. The number of aryl methyl sites for hydroxylation is 2. The maximum Gasteiger partial charge on any atom is 0.335 e. The van der Waals surface area contributed by atoms with Gasteiger partial charge in [0.15, 0.2) is 6.10 Å². The van der Waals surface area contributed by atoms with Crippen LogP contribution in [0.4, 0.5) is 0 Å². The fourth-order valence-electron chi connectivity index (χ4n) is 2.25. The van der Waals surface area contributed by atoms with Gasteiger partial charge >= 0.3 is 5.97 Å². The van der Waals surface area contributed by atoms with Gasteiger partial charge < -0.3 is 29.9 Å². The van der Waals surface area contributed by atoms with Crippen LogP contribution in [0.1, 0.15) is 11.1 Å². The fraction of sp³-hybridized carbons (Fsp3) is 0.500. The number of hydrogen-bond donors (Lipinski definition) is 4. The number of aliphatic hydroxyl groups excluding tert-OH is 3. The highest BCUT2D eigenvalue weighted by molar-refractivity contribution is 5.73. The van der Waals surface area contributed by atoms with E-state index >= 15 is 0 Å². The molecule has 5 unspecified atom stereocenters. The largest absolute Gasteiger partial charge is 0.479 e. The minimum absolute atomic E-state index is 0.439. The third kappa shape index (κ3) is 3.01. The second-order valence-electron chi connectivity index (χ2n) is 5.07. The normalized spacial score (nSPS) is 32.7. The van der Waals surface area contributed by atoms with E-state index in [4.69, 9.17) is 14.6 Å². The number of carboxylic acids is 1. The molecule has 1 aromatic rings. The van der Waals surface area contributed by atoms with Crippen LogP contribution in [-0.2, 0) is 9.53 Å². The summed E-state index contributed by atoms with van der Waals surface area (Å²) in [5, 5.41) is 38.2. The summed E-state index contributed by atoms with van der Waals surface area (Å²) >= 11 is 0. The van der Waals surface area contributed by atoms with E-state index in [0.717, 1.165) is 11.1 Å². The molecule has 0 radical (unpaired) electrons. The maximum absolute atomic E-state index is 11.0. The average molecular weight is 298 g/mol. The number of rotatable bonds is 3. The van der Waals surface area contributed by atoms with Gasteiger partial charge in [-0.05, 0) is 25.0 Å². The van der Waals surface area contributed by atoms with E-state index < -0.39 is 36.7 Å². The Balaban J connectivity index is 2.24. The highest BCUT2D eigenvalue weighted by atomic mass is 16.7. The van der Waals surface area contributed by atoms with Crippen molar-refractivity contribution in [3.63, 3.8) is 0 Å². The average Bonchev–Trinajstić information content (AvgIpc) is 2.42. The molecule has 5 atom stereocenters. The number of aliphatic hydroxyl groups is 3. The Hall–Kier alpha value is -1.67. The zero-order valence-electron chi connectivity index (χ0n) is 11.6. The summed E-state index contributed by atoms with van der Waals surface area (Å²) in [4.78, 5) is 11.0. The Morgan fingerprint density at radius 1 is 1.10 bits per heavy atom. The first-order chi connectivity index (χ1) is 9.82. The predicted octanol–water partition coefficient (Wildman–Crippen LogP) is -0.426. The van der Waals surface area contributed by atoms with E-state index in [1.165, 1.54) is 0 Å². The number of benzene rings is 1. The smallest absolute Gasteiger partial charge is 0.335 e. The number of carbonyl (C=O) groups is 1. The second-order valence-corrected chi connectivity index (χ2v) is 5.07. The van der Waals surface area contributed by atoms with Gasteiger partial charge in [-0.3, -0.25) is 0 Å². The molecule has 0 saturated carbocycles. The van der Waals surface area contributed by atoms with Crippen LogP contribution >= 0.6 is 0 Å². The molecular weight excluding hydrogens is 280 g/mol. The van der Waals surface area contributed by atoms with Crippen LogP contribution in [-0.4, -0.2) is 57.1 Å². The van der Waals surface area contributed by atoms with E-state index in [9.17, 15) is 20.1 Å². The van der Waals surface area contributed by atoms with Gasteiger partial charge in [0.05, 0.1) is 0 Å². The molecule has 0 bridgehead atoms. The lowest BCUT2D eigenvalue weighted by Crippen LogP contribution is -2.61. The zero-order valence-corrected chi connectivity index (χ0v) is 11.6. The molecule has 116 valence electrons. The van der Waals surface area contributed by atoms with Crippen LogP contribution in [0.2, 0.25) is 0 Å². The number of para-hydroxylation sites is 1. The van der Waals surface area contributed by atoms with Gasteiger partial charge in [-0.15, -0.1) is 0 Å². The van der Waals surface area contributed by atoms with E-state index in [1.54, 1.807) is 26.0 Å². The van der Waals surface area contributed by atoms with Crippen LogP contribution in [0.15, 0.2) is 18.2 Å². The summed E-state index contributed by atoms with van der Waals surface area (Å²) in [5.74, 6) is -1.00. The molecule has 0 amide bonds. The van der Waals surface area contributed by atoms with E-state index in [-0.39, 0.29) is 0 Å². The van der Waals surface area contributed by atoms with Gasteiger partial charge in [0.25, 0.3) is 0 Å². The van der Waals surface area contributed by atoms with Crippen molar-refractivity contribution in [2.45, 2.75) is 44.6 Å². The molecule has 1 fully saturated rings. The maximum atomic E-state index is 11.0. The van der Waals surface area contributed by atoms with E-state index in [0.29, 0.717) is 5.75 Å². The van der Waals surface area contributed by atoms with Gasteiger partial charge in [-0.25, -0.2) is 4.79 Å². The highest BCUT2D eigenvalue weighted by Gasteiger charge is 2.48. The SMILES string of the molecule is Cc1cccc(C)c1OC1OC(C(=O)O)C(O)C(O)C1O. The van der Waals surface area contributed by atoms with Crippen molar-refractivity contribution < 1.29 is 34.7 Å². The third-order valence-corrected chi connectivity index (χ3v) is 3.46. The Morgan fingerprint density at radius 3 is 2.19 bits per heavy atom. The van der Waals surface area contributed by atoms with Gasteiger partial charge in [-0.1, -0.05) is 18.2 Å². The van der Waals surface area contributed by atoms with Crippen molar-refractivity contribution in [3.05, 3.63) is 29.3 Å². The summed E-state index contributed by atoms with van der Waals surface area (Å²) in [6.45, 7) is 3.58. The fourth-order valence-corrected chi connectivity index (χ4v) is 2.25. The number of hydrogen-bond acceptors (Lipinski definition) is 6.